The van der Waals surface area contributed by atoms with E-state index in [4.69, 9.17) is 9.47 Å². The van der Waals surface area contributed by atoms with E-state index in [1.54, 1.807) is 12.1 Å². The van der Waals surface area contributed by atoms with Crippen LogP contribution >= 0.6 is 0 Å². The summed E-state index contributed by atoms with van der Waals surface area (Å²) in [5, 5.41) is 6.52. The van der Waals surface area contributed by atoms with E-state index >= 15 is 0 Å². The number of aromatic nitrogens is 1. The number of methoxy groups -OCH3 is 2. The highest BCUT2D eigenvalue weighted by Crippen LogP contribution is 2.21. The van der Waals surface area contributed by atoms with E-state index in [1.165, 1.54) is 14.2 Å². The lowest BCUT2D eigenvalue weighted by atomic mass is 10.1. The third-order valence-electron chi connectivity index (χ3n) is 3.76. The van der Waals surface area contributed by atoms with Crippen LogP contribution in [0.25, 0.3) is 0 Å². The highest BCUT2D eigenvalue weighted by atomic mass is 16.5. The van der Waals surface area contributed by atoms with E-state index in [9.17, 15) is 4.79 Å². The van der Waals surface area contributed by atoms with Crippen LogP contribution in [0.4, 0.5) is 0 Å². The average molecular weight is 358 g/mol. The molecule has 1 aromatic carbocycles. The number of esters is 1. The monoisotopic (exact) mass is 358 g/mol. The van der Waals surface area contributed by atoms with Crippen LogP contribution in [-0.2, 0) is 17.8 Å². The molecular formula is C19H26N4O3. The van der Waals surface area contributed by atoms with E-state index in [1.807, 2.05) is 37.5 Å². The third-order valence-corrected chi connectivity index (χ3v) is 3.76. The normalized spacial score (nSPS) is 11.1. The fourth-order valence-corrected chi connectivity index (χ4v) is 2.46. The molecule has 140 valence electrons. The maximum Gasteiger partial charge on any atom is 0.341 e. The van der Waals surface area contributed by atoms with Gasteiger partial charge in [-0.25, -0.2) is 9.79 Å². The van der Waals surface area contributed by atoms with Crippen LogP contribution in [0.3, 0.4) is 0 Å². The highest BCUT2D eigenvalue weighted by molar-refractivity contribution is 5.92. The summed E-state index contributed by atoms with van der Waals surface area (Å²) in [6.07, 6.45) is 4.05. The van der Waals surface area contributed by atoms with Crippen molar-refractivity contribution in [1.82, 2.24) is 15.2 Å². The molecule has 0 aliphatic rings. The predicted octanol–water partition coefficient (Wildman–Crippen LogP) is 2.04. The lowest BCUT2D eigenvalue weighted by Crippen LogP contribution is -2.38. The van der Waals surface area contributed by atoms with Crippen molar-refractivity contribution in [3.63, 3.8) is 0 Å². The quantitative estimate of drug-likeness (QED) is 0.429. The predicted molar refractivity (Wildman–Crippen MR) is 102 cm³/mol. The van der Waals surface area contributed by atoms with Crippen LogP contribution in [0.2, 0.25) is 0 Å². The van der Waals surface area contributed by atoms with Crippen molar-refractivity contribution >= 4 is 11.9 Å². The summed E-state index contributed by atoms with van der Waals surface area (Å²) >= 11 is 0. The van der Waals surface area contributed by atoms with Crippen LogP contribution in [0.15, 0.2) is 47.7 Å². The first kappa shape index (κ1) is 19.4. The molecule has 0 unspecified atom stereocenters. The molecule has 2 aromatic rings. The van der Waals surface area contributed by atoms with E-state index in [2.05, 4.69) is 20.2 Å². The summed E-state index contributed by atoms with van der Waals surface area (Å²) in [7, 11) is 2.88. The van der Waals surface area contributed by atoms with Gasteiger partial charge < -0.3 is 24.7 Å². The Kier molecular flexibility index (Phi) is 7.54. The number of carbonyl (C=O) groups is 1. The summed E-state index contributed by atoms with van der Waals surface area (Å²) in [5.74, 6) is 0.792. The zero-order valence-electron chi connectivity index (χ0n) is 15.5. The number of aliphatic imine (C=N–C) groups is 1. The second-order valence-corrected chi connectivity index (χ2v) is 5.57. The lowest BCUT2D eigenvalue weighted by molar-refractivity contribution is 0.0597. The van der Waals surface area contributed by atoms with Gasteiger partial charge in [0.1, 0.15) is 11.3 Å². The van der Waals surface area contributed by atoms with Gasteiger partial charge in [-0.1, -0.05) is 6.07 Å². The molecule has 0 atom stereocenters. The van der Waals surface area contributed by atoms with Crippen molar-refractivity contribution in [2.75, 3.05) is 27.3 Å². The summed E-state index contributed by atoms with van der Waals surface area (Å²) in [4.78, 5) is 16.5. The van der Waals surface area contributed by atoms with Gasteiger partial charge in [-0.3, -0.25) is 0 Å². The molecule has 0 radical (unpaired) electrons. The van der Waals surface area contributed by atoms with Crippen molar-refractivity contribution < 1.29 is 14.3 Å². The van der Waals surface area contributed by atoms with E-state index in [0.29, 0.717) is 17.9 Å². The van der Waals surface area contributed by atoms with Gasteiger partial charge in [0.05, 0.1) is 20.8 Å². The zero-order valence-corrected chi connectivity index (χ0v) is 15.5. The standard InChI is InChI=1S/C19H26N4O3/c1-4-20-19(21-9-12-23-10-5-6-11-23)22-14-15-7-8-17(25-2)16(13-15)18(24)26-3/h5-8,10-11,13H,4,9,12,14H2,1-3H3,(H2,20,21,22). The van der Waals surface area contributed by atoms with Gasteiger partial charge in [0.25, 0.3) is 0 Å². The topological polar surface area (TPSA) is 76.9 Å². The Bertz CT molecular complexity index is 726. The number of nitrogens with one attached hydrogen (secondary N) is 2. The van der Waals surface area contributed by atoms with Crippen LogP contribution in [-0.4, -0.2) is 43.8 Å². The van der Waals surface area contributed by atoms with Crippen LogP contribution in [0, 0.1) is 0 Å². The molecule has 26 heavy (non-hydrogen) atoms. The van der Waals surface area contributed by atoms with Gasteiger partial charge in [-0.2, -0.15) is 0 Å². The molecule has 7 heteroatoms. The molecule has 0 fully saturated rings. The second-order valence-electron chi connectivity index (χ2n) is 5.57. The third kappa shape index (κ3) is 5.54. The van der Waals surface area contributed by atoms with Gasteiger partial charge in [-0.05, 0) is 36.8 Å². The van der Waals surface area contributed by atoms with Crippen molar-refractivity contribution in [1.29, 1.82) is 0 Å². The Morgan fingerprint density at radius 3 is 2.62 bits per heavy atom. The fourth-order valence-electron chi connectivity index (χ4n) is 2.46. The van der Waals surface area contributed by atoms with Crippen molar-refractivity contribution in [2.45, 2.75) is 20.0 Å². The summed E-state index contributed by atoms with van der Waals surface area (Å²) in [6, 6.07) is 9.39. The number of rotatable bonds is 8. The molecule has 1 heterocycles. The van der Waals surface area contributed by atoms with E-state index in [-0.39, 0.29) is 0 Å². The van der Waals surface area contributed by atoms with Gasteiger partial charge in [0, 0.05) is 32.0 Å². The SMILES string of the molecule is CCNC(=NCc1ccc(OC)c(C(=O)OC)c1)NCCn1cccc1. The van der Waals surface area contributed by atoms with Gasteiger partial charge in [0.2, 0.25) is 0 Å². The minimum Gasteiger partial charge on any atom is -0.496 e. The molecule has 2 N–H and O–H groups in total. The Morgan fingerprint density at radius 2 is 1.96 bits per heavy atom. The number of ether oxygens (including phenoxy) is 2. The molecule has 0 aliphatic carbocycles. The van der Waals surface area contributed by atoms with Gasteiger partial charge in [-0.15, -0.1) is 0 Å². The van der Waals surface area contributed by atoms with Crippen molar-refractivity contribution in [2.24, 2.45) is 4.99 Å². The first-order valence-corrected chi connectivity index (χ1v) is 8.56. The first-order chi connectivity index (χ1) is 12.7. The number of hydrogen-bond acceptors (Lipinski definition) is 4. The molecule has 7 nitrogen and oxygen atoms in total. The Morgan fingerprint density at radius 1 is 1.19 bits per heavy atom. The van der Waals surface area contributed by atoms with E-state index < -0.39 is 5.97 Å². The average Bonchev–Trinajstić information content (AvgIpc) is 3.18. The minimum atomic E-state index is -0.426. The maximum atomic E-state index is 11.9. The van der Waals surface area contributed by atoms with Gasteiger partial charge in [0.15, 0.2) is 5.96 Å². The molecule has 0 spiro atoms. The Hall–Kier alpha value is -2.96. The summed E-state index contributed by atoms with van der Waals surface area (Å²) in [6.45, 7) is 4.84. The van der Waals surface area contributed by atoms with E-state index in [0.717, 1.165) is 31.2 Å². The first-order valence-electron chi connectivity index (χ1n) is 8.56. The van der Waals surface area contributed by atoms with Crippen molar-refractivity contribution in [3.8, 4) is 5.75 Å². The Balaban J connectivity index is 2.02. The summed E-state index contributed by atoms with van der Waals surface area (Å²) in [5.41, 5.74) is 1.29. The minimum absolute atomic E-state index is 0.397. The second kappa shape index (κ2) is 10.1. The number of hydrogen-bond donors (Lipinski definition) is 2. The van der Waals surface area contributed by atoms with Crippen LogP contribution in [0.5, 0.6) is 5.75 Å². The molecule has 0 saturated heterocycles. The Labute approximate surface area is 154 Å². The van der Waals surface area contributed by atoms with Crippen LogP contribution < -0.4 is 15.4 Å². The molecule has 1 aromatic heterocycles. The molecule has 0 saturated carbocycles. The number of carbonyl (C=O) groups excluding carboxylic acids is 1. The highest BCUT2D eigenvalue weighted by Gasteiger charge is 2.13. The molecule has 2 rings (SSSR count). The largest absolute Gasteiger partial charge is 0.496 e. The smallest absolute Gasteiger partial charge is 0.341 e. The molecule has 0 bridgehead atoms. The number of benzene rings is 1. The molecular weight excluding hydrogens is 332 g/mol. The summed E-state index contributed by atoms with van der Waals surface area (Å²) < 4.78 is 12.1. The molecule has 0 aliphatic heterocycles. The number of guanidine groups is 1. The zero-order chi connectivity index (χ0) is 18.8. The number of nitrogens with zero attached hydrogens (tertiary/aromatic N) is 2. The lowest BCUT2D eigenvalue weighted by Gasteiger charge is -2.12. The fraction of sp³-hybridized carbons (Fsp3) is 0.368. The van der Waals surface area contributed by atoms with Gasteiger partial charge >= 0.3 is 5.97 Å². The van der Waals surface area contributed by atoms with Crippen molar-refractivity contribution in [3.05, 3.63) is 53.9 Å². The maximum absolute atomic E-state index is 11.9. The van der Waals surface area contributed by atoms with Crippen LogP contribution in [0.1, 0.15) is 22.8 Å². The molecule has 0 amide bonds.